The molecule has 0 aliphatic carbocycles. The average Bonchev–Trinajstić information content (AvgIpc) is 2.29. The van der Waals surface area contributed by atoms with Gasteiger partial charge in [0.15, 0.2) is 0 Å². The lowest BCUT2D eigenvalue weighted by atomic mass is 10.2. The predicted molar refractivity (Wildman–Crippen MR) is 74.0 cm³/mol. The van der Waals surface area contributed by atoms with Gasteiger partial charge < -0.3 is 10.1 Å². The number of ether oxygens (including phenoxy) is 1. The SMILES string of the molecule is CC(Cl)CC(C)NCCCOc1ccccc1. The van der Waals surface area contributed by atoms with E-state index in [1.54, 1.807) is 0 Å². The Morgan fingerprint density at radius 1 is 1.24 bits per heavy atom. The molecule has 0 aliphatic heterocycles. The van der Waals surface area contributed by atoms with Gasteiger partial charge >= 0.3 is 0 Å². The Hall–Kier alpha value is -0.730. The Morgan fingerprint density at radius 3 is 2.59 bits per heavy atom. The van der Waals surface area contributed by atoms with Crippen LogP contribution in [0.25, 0.3) is 0 Å². The number of alkyl halides is 1. The smallest absolute Gasteiger partial charge is 0.119 e. The summed E-state index contributed by atoms with van der Waals surface area (Å²) in [6.45, 7) is 5.91. The first-order valence-electron chi connectivity index (χ1n) is 6.24. The Balaban J connectivity index is 2.01. The molecule has 1 aromatic carbocycles. The van der Waals surface area contributed by atoms with Crippen LogP contribution in [-0.2, 0) is 0 Å². The zero-order valence-corrected chi connectivity index (χ0v) is 11.4. The first-order valence-corrected chi connectivity index (χ1v) is 6.67. The molecule has 0 saturated heterocycles. The number of nitrogens with one attached hydrogen (secondary N) is 1. The lowest BCUT2D eigenvalue weighted by Gasteiger charge is -2.14. The van der Waals surface area contributed by atoms with E-state index in [9.17, 15) is 0 Å². The summed E-state index contributed by atoms with van der Waals surface area (Å²) in [6.07, 6.45) is 2.01. The third kappa shape index (κ3) is 7.24. The third-order valence-corrected chi connectivity index (χ3v) is 2.68. The largest absolute Gasteiger partial charge is 0.494 e. The van der Waals surface area contributed by atoms with Crippen molar-refractivity contribution < 1.29 is 4.74 Å². The van der Waals surface area contributed by atoms with Gasteiger partial charge in [-0.25, -0.2) is 0 Å². The molecule has 17 heavy (non-hydrogen) atoms. The lowest BCUT2D eigenvalue weighted by molar-refractivity contribution is 0.304. The first kappa shape index (κ1) is 14.3. The molecule has 1 aromatic rings. The minimum Gasteiger partial charge on any atom is -0.494 e. The van der Waals surface area contributed by atoms with E-state index in [0.29, 0.717) is 6.04 Å². The summed E-state index contributed by atoms with van der Waals surface area (Å²) in [5, 5.41) is 3.67. The van der Waals surface area contributed by atoms with E-state index in [-0.39, 0.29) is 5.38 Å². The molecule has 0 amide bonds. The molecule has 0 fully saturated rings. The fourth-order valence-corrected chi connectivity index (χ4v) is 1.97. The Labute approximate surface area is 109 Å². The second-order valence-electron chi connectivity index (χ2n) is 4.39. The van der Waals surface area contributed by atoms with Crippen LogP contribution in [0.5, 0.6) is 5.75 Å². The quantitative estimate of drug-likeness (QED) is 0.568. The highest BCUT2D eigenvalue weighted by atomic mass is 35.5. The van der Waals surface area contributed by atoms with Gasteiger partial charge in [0.1, 0.15) is 5.75 Å². The highest BCUT2D eigenvalue weighted by Crippen LogP contribution is 2.08. The zero-order valence-electron chi connectivity index (χ0n) is 10.7. The van der Waals surface area contributed by atoms with E-state index in [4.69, 9.17) is 16.3 Å². The van der Waals surface area contributed by atoms with Crippen molar-refractivity contribution >= 4 is 11.6 Å². The molecule has 0 bridgehead atoms. The van der Waals surface area contributed by atoms with E-state index in [0.717, 1.165) is 31.7 Å². The Bertz CT molecular complexity index is 290. The summed E-state index contributed by atoms with van der Waals surface area (Å²) < 4.78 is 5.60. The molecule has 1 rings (SSSR count). The maximum absolute atomic E-state index is 5.93. The molecule has 0 saturated carbocycles. The third-order valence-electron chi connectivity index (χ3n) is 2.50. The summed E-state index contributed by atoms with van der Waals surface area (Å²) in [5.41, 5.74) is 0. The van der Waals surface area contributed by atoms with Gasteiger partial charge in [-0.3, -0.25) is 0 Å². The molecular formula is C14H22ClNO. The standard InChI is InChI=1S/C14H22ClNO/c1-12(15)11-13(2)16-9-6-10-17-14-7-4-3-5-8-14/h3-5,7-8,12-13,16H,6,9-11H2,1-2H3. The van der Waals surface area contributed by atoms with Crippen LogP contribution in [0.4, 0.5) is 0 Å². The Kier molecular flexibility index (Phi) is 7.06. The molecule has 0 spiro atoms. The van der Waals surface area contributed by atoms with Gasteiger partial charge in [-0.05, 0) is 45.4 Å². The average molecular weight is 256 g/mol. The zero-order chi connectivity index (χ0) is 12.5. The van der Waals surface area contributed by atoms with Crippen LogP contribution in [0.3, 0.4) is 0 Å². The number of para-hydroxylation sites is 1. The van der Waals surface area contributed by atoms with Gasteiger partial charge in [-0.2, -0.15) is 0 Å². The summed E-state index contributed by atoms with van der Waals surface area (Å²) in [5.74, 6) is 0.940. The van der Waals surface area contributed by atoms with Gasteiger partial charge in [0.05, 0.1) is 6.61 Å². The van der Waals surface area contributed by atoms with Crippen LogP contribution in [0, 0.1) is 0 Å². The van der Waals surface area contributed by atoms with Crippen molar-refractivity contribution in [3.63, 3.8) is 0 Å². The van der Waals surface area contributed by atoms with E-state index in [1.165, 1.54) is 0 Å². The number of hydrogen-bond donors (Lipinski definition) is 1. The van der Waals surface area contributed by atoms with Gasteiger partial charge in [-0.15, -0.1) is 11.6 Å². The van der Waals surface area contributed by atoms with Gasteiger partial charge in [0, 0.05) is 11.4 Å². The van der Waals surface area contributed by atoms with Crippen molar-refractivity contribution in [2.24, 2.45) is 0 Å². The van der Waals surface area contributed by atoms with E-state index < -0.39 is 0 Å². The second kappa shape index (κ2) is 8.37. The molecule has 2 unspecified atom stereocenters. The molecule has 0 aromatic heterocycles. The van der Waals surface area contributed by atoms with E-state index >= 15 is 0 Å². The minimum atomic E-state index is 0.234. The molecule has 3 heteroatoms. The molecule has 1 N–H and O–H groups in total. The number of halogens is 1. The molecule has 0 heterocycles. The maximum Gasteiger partial charge on any atom is 0.119 e. The van der Waals surface area contributed by atoms with Crippen molar-refractivity contribution in [3.05, 3.63) is 30.3 Å². The summed E-state index contributed by atoms with van der Waals surface area (Å²) >= 11 is 5.93. The van der Waals surface area contributed by atoms with Crippen molar-refractivity contribution in [2.75, 3.05) is 13.2 Å². The monoisotopic (exact) mass is 255 g/mol. The fraction of sp³-hybridized carbons (Fsp3) is 0.571. The van der Waals surface area contributed by atoms with Crippen molar-refractivity contribution in [1.29, 1.82) is 0 Å². The first-order chi connectivity index (χ1) is 8.18. The second-order valence-corrected chi connectivity index (χ2v) is 5.13. The van der Waals surface area contributed by atoms with E-state index in [2.05, 4.69) is 12.2 Å². The van der Waals surface area contributed by atoms with Crippen LogP contribution in [-0.4, -0.2) is 24.6 Å². The molecule has 2 nitrogen and oxygen atoms in total. The molecule has 96 valence electrons. The maximum atomic E-state index is 5.93. The summed E-state index contributed by atoms with van der Waals surface area (Å²) in [4.78, 5) is 0. The molecule has 2 atom stereocenters. The lowest BCUT2D eigenvalue weighted by Crippen LogP contribution is -2.29. The molecule has 0 aliphatic rings. The predicted octanol–water partition coefficient (Wildman–Crippen LogP) is 3.45. The van der Waals surface area contributed by atoms with Crippen LogP contribution in [0.15, 0.2) is 30.3 Å². The topological polar surface area (TPSA) is 21.3 Å². The van der Waals surface area contributed by atoms with Crippen LogP contribution >= 0.6 is 11.6 Å². The van der Waals surface area contributed by atoms with Gasteiger partial charge in [0.25, 0.3) is 0 Å². The number of benzene rings is 1. The Morgan fingerprint density at radius 2 is 1.94 bits per heavy atom. The van der Waals surface area contributed by atoms with Crippen molar-refractivity contribution in [1.82, 2.24) is 5.32 Å². The van der Waals surface area contributed by atoms with Gasteiger partial charge in [0.2, 0.25) is 0 Å². The van der Waals surface area contributed by atoms with Crippen molar-refractivity contribution in [2.45, 2.75) is 38.1 Å². The van der Waals surface area contributed by atoms with Crippen LogP contribution in [0.2, 0.25) is 0 Å². The molecule has 0 radical (unpaired) electrons. The summed E-state index contributed by atoms with van der Waals surface area (Å²) in [6, 6.07) is 10.4. The highest BCUT2D eigenvalue weighted by molar-refractivity contribution is 6.20. The fourth-order valence-electron chi connectivity index (χ4n) is 1.70. The number of hydrogen-bond acceptors (Lipinski definition) is 2. The van der Waals surface area contributed by atoms with Crippen LogP contribution in [0.1, 0.15) is 26.7 Å². The number of rotatable bonds is 8. The van der Waals surface area contributed by atoms with E-state index in [1.807, 2.05) is 37.3 Å². The normalized spacial score (nSPS) is 14.3. The van der Waals surface area contributed by atoms with Crippen LogP contribution < -0.4 is 10.1 Å². The molecular weight excluding hydrogens is 234 g/mol. The van der Waals surface area contributed by atoms with Crippen molar-refractivity contribution in [3.8, 4) is 5.75 Å². The van der Waals surface area contributed by atoms with Gasteiger partial charge in [-0.1, -0.05) is 18.2 Å². The minimum absolute atomic E-state index is 0.234. The summed E-state index contributed by atoms with van der Waals surface area (Å²) in [7, 11) is 0. The highest BCUT2D eigenvalue weighted by Gasteiger charge is 2.04.